The molecule has 0 spiro atoms. The average molecular weight is 298 g/mol. The zero-order valence-corrected chi connectivity index (χ0v) is 12.3. The highest BCUT2D eigenvalue weighted by molar-refractivity contribution is 5.95. The Morgan fingerprint density at radius 3 is 2.50 bits per heavy atom. The van der Waals surface area contributed by atoms with Gasteiger partial charge < -0.3 is 15.7 Å². The molecule has 0 aliphatic heterocycles. The second kappa shape index (κ2) is 7.26. The number of nitrogens with one attached hydrogen (secondary N) is 2. The van der Waals surface area contributed by atoms with Crippen molar-refractivity contribution in [3.8, 4) is 5.75 Å². The number of carbonyl (C=O) groups excluding carboxylic acids is 2. The Kier molecular flexibility index (Phi) is 5.14. The molecule has 2 aromatic rings. The number of rotatable bonds is 5. The van der Waals surface area contributed by atoms with E-state index in [1.165, 1.54) is 0 Å². The lowest BCUT2D eigenvalue weighted by atomic mass is 10.2. The van der Waals surface area contributed by atoms with Crippen molar-refractivity contribution in [1.29, 1.82) is 0 Å². The molecule has 5 nitrogen and oxygen atoms in total. The monoisotopic (exact) mass is 298 g/mol. The molecule has 0 bridgehead atoms. The molecule has 0 radical (unpaired) electrons. The van der Waals surface area contributed by atoms with E-state index in [-0.39, 0.29) is 30.5 Å². The molecule has 3 N–H and O–H groups in total. The van der Waals surface area contributed by atoms with Gasteiger partial charge in [0.25, 0.3) is 5.91 Å². The van der Waals surface area contributed by atoms with Crippen molar-refractivity contribution in [2.24, 2.45) is 0 Å². The van der Waals surface area contributed by atoms with Crippen LogP contribution in [-0.2, 0) is 4.79 Å². The molecule has 0 heterocycles. The van der Waals surface area contributed by atoms with Gasteiger partial charge in [-0.1, -0.05) is 24.3 Å². The van der Waals surface area contributed by atoms with Crippen molar-refractivity contribution in [3.63, 3.8) is 0 Å². The Hall–Kier alpha value is -2.82. The number of aromatic hydroxyl groups is 1. The van der Waals surface area contributed by atoms with Crippen molar-refractivity contribution in [3.05, 3.63) is 59.7 Å². The number of amides is 2. The fourth-order valence-corrected chi connectivity index (χ4v) is 1.94. The van der Waals surface area contributed by atoms with Crippen LogP contribution in [0.2, 0.25) is 0 Å². The van der Waals surface area contributed by atoms with Crippen LogP contribution < -0.4 is 10.6 Å². The quantitative estimate of drug-likeness (QED) is 0.742. The van der Waals surface area contributed by atoms with Gasteiger partial charge in [-0.15, -0.1) is 0 Å². The average Bonchev–Trinajstić information content (AvgIpc) is 2.51. The largest absolute Gasteiger partial charge is 0.506 e. The Bertz CT molecular complexity index is 669. The van der Waals surface area contributed by atoms with Gasteiger partial charge in [-0.2, -0.15) is 0 Å². The topological polar surface area (TPSA) is 78.4 Å². The first-order valence-corrected chi connectivity index (χ1v) is 6.99. The van der Waals surface area contributed by atoms with Gasteiger partial charge >= 0.3 is 0 Å². The maximum Gasteiger partial charge on any atom is 0.251 e. The number of benzene rings is 2. The van der Waals surface area contributed by atoms with Crippen LogP contribution in [0.25, 0.3) is 0 Å². The van der Waals surface area contributed by atoms with Gasteiger partial charge in [-0.05, 0) is 36.8 Å². The van der Waals surface area contributed by atoms with Gasteiger partial charge in [-0.3, -0.25) is 9.59 Å². The summed E-state index contributed by atoms with van der Waals surface area (Å²) in [4.78, 5) is 23.6. The third-order valence-corrected chi connectivity index (χ3v) is 3.10. The SMILES string of the molecule is Cc1ccc(NC(=O)CCNC(=O)c2ccccc2)c(O)c1. The van der Waals surface area contributed by atoms with Crippen molar-refractivity contribution in [2.45, 2.75) is 13.3 Å². The second-order valence-electron chi connectivity index (χ2n) is 4.94. The standard InChI is InChI=1S/C17H18N2O3/c1-12-7-8-14(15(20)11-12)19-16(21)9-10-18-17(22)13-5-3-2-4-6-13/h2-8,11,20H,9-10H2,1H3,(H,18,22)(H,19,21). The van der Waals surface area contributed by atoms with Crippen molar-refractivity contribution < 1.29 is 14.7 Å². The van der Waals surface area contributed by atoms with Gasteiger partial charge in [0.05, 0.1) is 5.69 Å². The predicted molar refractivity (Wildman–Crippen MR) is 84.9 cm³/mol. The molecule has 0 fully saturated rings. The van der Waals surface area contributed by atoms with Crippen LogP contribution >= 0.6 is 0 Å². The number of aryl methyl sites for hydroxylation is 1. The molecular formula is C17H18N2O3. The van der Waals surface area contributed by atoms with Crippen LogP contribution in [0.4, 0.5) is 5.69 Å². The van der Waals surface area contributed by atoms with E-state index in [9.17, 15) is 14.7 Å². The lowest BCUT2D eigenvalue weighted by Gasteiger charge is -2.08. The highest BCUT2D eigenvalue weighted by atomic mass is 16.3. The number of phenols is 1. The molecule has 2 aromatic carbocycles. The van der Waals surface area contributed by atoms with E-state index in [1.54, 1.807) is 42.5 Å². The molecule has 0 aromatic heterocycles. The van der Waals surface area contributed by atoms with Crippen molar-refractivity contribution in [2.75, 3.05) is 11.9 Å². The summed E-state index contributed by atoms with van der Waals surface area (Å²) in [5.41, 5.74) is 1.83. The lowest BCUT2D eigenvalue weighted by molar-refractivity contribution is -0.116. The van der Waals surface area contributed by atoms with Gasteiger partial charge in [-0.25, -0.2) is 0 Å². The minimum Gasteiger partial charge on any atom is -0.506 e. The Balaban J connectivity index is 1.80. The maximum atomic E-state index is 11.8. The highest BCUT2D eigenvalue weighted by Crippen LogP contribution is 2.23. The fraction of sp³-hybridized carbons (Fsp3) is 0.176. The van der Waals surface area contributed by atoms with Crippen LogP contribution in [0, 0.1) is 6.92 Å². The summed E-state index contributed by atoms with van der Waals surface area (Å²) in [5.74, 6) is -0.458. The Morgan fingerprint density at radius 2 is 1.82 bits per heavy atom. The second-order valence-corrected chi connectivity index (χ2v) is 4.94. The van der Waals surface area contributed by atoms with Crippen LogP contribution in [0.1, 0.15) is 22.3 Å². The van der Waals surface area contributed by atoms with Crippen molar-refractivity contribution >= 4 is 17.5 Å². The molecule has 114 valence electrons. The number of anilines is 1. The molecule has 5 heteroatoms. The van der Waals surface area contributed by atoms with Crippen LogP contribution in [-0.4, -0.2) is 23.5 Å². The number of phenolic OH excluding ortho intramolecular Hbond substituents is 1. The lowest BCUT2D eigenvalue weighted by Crippen LogP contribution is -2.27. The summed E-state index contributed by atoms with van der Waals surface area (Å²) in [7, 11) is 0. The number of hydrogen-bond acceptors (Lipinski definition) is 3. The van der Waals surface area contributed by atoms with Crippen LogP contribution in [0.5, 0.6) is 5.75 Å². The fourth-order valence-electron chi connectivity index (χ4n) is 1.94. The van der Waals surface area contributed by atoms with Crippen LogP contribution in [0.15, 0.2) is 48.5 Å². The summed E-state index contributed by atoms with van der Waals surface area (Å²) >= 11 is 0. The van der Waals surface area contributed by atoms with Crippen LogP contribution in [0.3, 0.4) is 0 Å². The first-order chi connectivity index (χ1) is 10.6. The minimum absolute atomic E-state index is 0.0293. The van der Waals surface area contributed by atoms with Gasteiger partial charge in [0.2, 0.25) is 5.91 Å². The van der Waals surface area contributed by atoms with E-state index in [0.29, 0.717) is 11.3 Å². The van der Waals surface area contributed by atoms with Crippen molar-refractivity contribution in [1.82, 2.24) is 5.32 Å². The predicted octanol–water partition coefficient (Wildman–Crippen LogP) is 2.46. The summed E-state index contributed by atoms with van der Waals surface area (Å²) in [6.07, 6.45) is 0.131. The molecule has 22 heavy (non-hydrogen) atoms. The molecule has 0 saturated carbocycles. The van der Waals surface area contributed by atoms with E-state index in [0.717, 1.165) is 5.56 Å². The number of carbonyl (C=O) groups is 2. The van der Waals surface area contributed by atoms with Gasteiger partial charge in [0.1, 0.15) is 5.75 Å². The van der Waals surface area contributed by atoms with E-state index < -0.39 is 0 Å². The smallest absolute Gasteiger partial charge is 0.251 e. The first kappa shape index (κ1) is 15.6. The summed E-state index contributed by atoms with van der Waals surface area (Å²) in [5, 5.41) is 15.0. The molecular weight excluding hydrogens is 280 g/mol. The van der Waals surface area contributed by atoms with Gasteiger partial charge in [0, 0.05) is 18.5 Å². The molecule has 2 rings (SSSR count). The first-order valence-electron chi connectivity index (χ1n) is 6.99. The Morgan fingerprint density at radius 1 is 1.09 bits per heavy atom. The van der Waals surface area contributed by atoms with E-state index in [1.807, 2.05) is 13.0 Å². The number of hydrogen-bond donors (Lipinski definition) is 3. The summed E-state index contributed by atoms with van der Waals surface area (Å²) in [6.45, 7) is 2.08. The molecule has 0 aliphatic rings. The zero-order chi connectivity index (χ0) is 15.9. The van der Waals surface area contributed by atoms with Gasteiger partial charge in [0.15, 0.2) is 0 Å². The Labute approximate surface area is 129 Å². The summed E-state index contributed by atoms with van der Waals surface area (Å²) < 4.78 is 0. The zero-order valence-electron chi connectivity index (χ0n) is 12.3. The molecule has 0 saturated heterocycles. The highest BCUT2D eigenvalue weighted by Gasteiger charge is 2.08. The molecule has 0 aliphatic carbocycles. The normalized spacial score (nSPS) is 10.0. The summed E-state index contributed by atoms with van der Waals surface area (Å²) in [6, 6.07) is 13.8. The molecule has 0 atom stereocenters. The maximum absolute atomic E-state index is 11.8. The van der Waals surface area contributed by atoms with E-state index in [2.05, 4.69) is 10.6 Å². The minimum atomic E-state index is -0.271. The third kappa shape index (κ3) is 4.34. The third-order valence-electron chi connectivity index (χ3n) is 3.10. The molecule has 0 unspecified atom stereocenters. The van der Waals surface area contributed by atoms with E-state index in [4.69, 9.17) is 0 Å². The molecule has 2 amide bonds. The van der Waals surface area contributed by atoms with E-state index >= 15 is 0 Å².